The van der Waals surface area contributed by atoms with Crippen molar-refractivity contribution in [2.24, 2.45) is 0 Å². The molecule has 0 unspecified atom stereocenters. The minimum absolute atomic E-state index is 3.09. The van der Waals surface area contributed by atoms with Crippen molar-refractivity contribution in [1.29, 1.82) is 0 Å². The summed E-state index contributed by atoms with van der Waals surface area (Å²) in [7, 11) is 0. The lowest BCUT2D eigenvalue weighted by molar-refractivity contribution is -0.332. The van der Waals surface area contributed by atoms with E-state index in [0.717, 1.165) is 0 Å². The summed E-state index contributed by atoms with van der Waals surface area (Å²) in [4.78, 5) is 0. The third kappa shape index (κ3) is 3.08. The van der Waals surface area contributed by atoms with E-state index in [2.05, 4.69) is 0 Å². The van der Waals surface area contributed by atoms with E-state index < -0.39 is 42.3 Å². The van der Waals surface area contributed by atoms with Gasteiger partial charge in [-0.25, -0.2) is 13.2 Å². The minimum Gasteiger partial charge on any atom is -0.246 e. The van der Waals surface area contributed by atoms with Crippen molar-refractivity contribution >= 4 is 0 Å². The maximum atomic E-state index is 12.8. The molecule has 114 valence electrons. The van der Waals surface area contributed by atoms with Crippen LogP contribution in [0.15, 0.2) is 11.4 Å². The highest BCUT2D eigenvalue weighted by Gasteiger charge is 2.76. The van der Waals surface area contributed by atoms with Gasteiger partial charge in [0, 0.05) is 0 Å². The summed E-state index contributed by atoms with van der Waals surface area (Å²) in [6.07, 6.45) is -20.4. The number of hydrogen-bond acceptors (Lipinski definition) is 0. The van der Waals surface area contributed by atoms with Gasteiger partial charge in [0.15, 0.2) is 5.83 Å². The molecule has 0 saturated carbocycles. The molecule has 0 aliphatic carbocycles. The first-order valence-corrected chi connectivity index (χ1v) is 3.95. The Bertz CT molecular complexity index is 338. The highest BCUT2D eigenvalue weighted by molar-refractivity contribution is 5.27. The average molecular weight is 314 g/mol. The van der Waals surface area contributed by atoms with E-state index in [9.17, 15) is 52.7 Å². The van der Waals surface area contributed by atoms with Crippen LogP contribution in [-0.2, 0) is 0 Å². The molecule has 0 rings (SSSR count). The van der Waals surface area contributed by atoms with Crippen molar-refractivity contribution in [2.45, 2.75) is 24.2 Å². The summed E-state index contributed by atoms with van der Waals surface area (Å²) in [5, 5.41) is 0. The van der Waals surface area contributed by atoms with Crippen LogP contribution in [0.25, 0.3) is 0 Å². The summed E-state index contributed by atoms with van der Waals surface area (Å²) in [5.41, 5.74) is -10.5. The quantitative estimate of drug-likeness (QED) is 0.655. The van der Waals surface area contributed by atoms with E-state index >= 15 is 0 Å². The summed E-state index contributed by atoms with van der Waals surface area (Å²) < 4.78 is 144. The molecule has 0 spiro atoms. The molecule has 0 saturated heterocycles. The minimum atomic E-state index is -7.08. The molecule has 0 aromatic rings. The molecule has 0 N–H and O–H groups in total. The van der Waals surface area contributed by atoms with Crippen LogP contribution in [0.1, 0.15) is 0 Å². The van der Waals surface area contributed by atoms with E-state index in [4.69, 9.17) is 0 Å². The van der Waals surface area contributed by atoms with E-state index in [0.29, 0.717) is 0 Å². The van der Waals surface area contributed by atoms with Crippen LogP contribution in [0.3, 0.4) is 0 Å². The topological polar surface area (TPSA) is 0 Å². The molecule has 0 aromatic carbocycles. The second kappa shape index (κ2) is 4.78. The standard InChI is InChI=1S/C7H2F12/c8-1-2(5(11,12)13)3(9)4(10,6(14,15)16)7(17,18)19/h1H2/b3-2-. The van der Waals surface area contributed by atoms with Crippen LogP contribution in [0.2, 0.25) is 0 Å². The fourth-order valence-electron chi connectivity index (χ4n) is 0.876. The Morgan fingerprint density at radius 2 is 1.00 bits per heavy atom. The molecule has 0 aromatic heterocycles. The Kier molecular flexibility index (Phi) is 4.50. The van der Waals surface area contributed by atoms with Crippen molar-refractivity contribution in [3.8, 4) is 0 Å². The third-order valence-electron chi connectivity index (χ3n) is 1.82. The van der Waals surface area contributed by atoms with Crippen molar-refractivity contribution in [3.05, 3.63) is 11.4 Å². The van der Waals surface area contributed by atoms with Gasteiger partial charge < -0.3 is 0 Å². The highest BCUT2D eigenvalue weighted by atomic mass is 19.4. The first kappa shape index (κ1) is 17.9. The number of alkyl halides is 11. The highest BCUT2D eigenvalue weighted by Crippen LogP contribution is 2.53. The Labute approximate surface area is 96.2 Å². The number of rotatable bonds is 2. The van der Waals surface area contributed by atoms with E-state index in [1.165, 1.54) is 0 Å². The van der Waals surface area contributed by atoms with Gasteiger partial charge in [-0.3, -0.25) is 0 Å². The summed E-state index contributed by atoms with van der Waals surface area (Å²) >= 11 is 0. The maximum Gasteiger partial charge on any atom is 0.438 e. The molecule has 0 fully saturated rings. The Hall–Kier alpha value is -1.10. The van der Waals surface area contributed by atoms with Crippen LogP contribution < -0.4 is 0 Å². The first-order chi connectivity index (χ1) is 8.10. The predicted molar refractivity (Wildman–Crippen MR) is 36.1 cm³/mol. The third-order valence-corrected chi connectivity index (χ3v) is 1.82. The van der Waals surface area contributed by atoms with Crippen LogP contribution in [0.5, 0.6) is 0 Å². The van der Waals surface area contributed by atoms with Crippen molar-refractivity contribution in [3.63, 3.8) is 0 Å². The van der Waals surface area contributed by atoms with Gasteiger partial charge >= 0.3 is 24.2 Å². The largest absolute Gasteiger partial charge is 0.438 e. The van der Waals surface area contributed by atoms with Crippen LogP contribution in [0, 0.1) is 0 Å². The molecule has 0 radical (unpaired) electrons. The zero-order valence-electron chi connectivity index (χ0n) is 8.24. The molecule has 0 nitrogen and oxygen atoms in total. The van der Waals surface area contributed by atoms with Crippen molar-refractivity contribution in [1.82, 2.24) is 0 Å². The molecular formula is C7H2F12. The fraction of sp³-hybridized carbons (Fsp3) is 0.714. The monoisotopic (exact) mass is 314 g/mol. The molecule has 0 atom stereocenters. The summed E-state index contributed by atoms with van der Waals surface area (Å²) in [6.45, 7) is -3.09. The van der Waals surface area contributed by atoms with E-state index in [1.807, 2.05) is 0 Å². The molecule has 0 bridgehead atoms. The second-order valence-corrected chi connectivity index (χ2v) is 3.08. The second-order valence-electron chi connectivity index (χ2n) is 3.08. The zero-order chi connectivity index (χ0) is 15.9. The van der Waals surface area contributed by atoms with Crippen LogP contribution in [0.4, 0.5) is 52.7 Å². The van der Waals surface area contributed by atoms with Crippen LogP contribution in [-0.4, -0.2) is 30.9 Å². The molecule has 0 heterocycles. The Morgan fingerprint density at radius 1 is 0.684 bits per heavy atom. The molecule has 0 amide bonds. The van der Waals surface area contributed by atoms with Gasteiger partial charge in [0.1, 0.15) is 6.67 Å². The molecule has 12 heteroatoms. The summed E-state index contributed by atoms with van der Waals surface area (Å²) in [6, 6.07) is 0. The van der Waals surface area contributed by atoms with Gasteiger partial charge in [-0.1, -0.05) is 0 Å². The maximum absolute atomic E-state index is 12.8. The molecule has 0 aliphatic rings. The number of allylic oxidation sites excluding steroid dienone is 2. The van der Waals surface area contributed by atoms with E-state index in [-0.39, 0.29) is 0 Å². The van der Waals surface area contributed by atoms with E-state index in [1.54, 1.807) is 0 Å². The lowest BCUT2D eigenvalue weighted by Crippen LogP contribution is -2.54. The van der Waals surface area contributed by atoms with Gasteiger partial charge in [-0.05, 0) is 0 Å². The smallest absolute Gasteiger partial charge is 0.246 e. The van der Waals surface area contributed by atoms with Crippen molar-refractivity contribution < 1.29 is 52.7 Å². The Balaban J connectivity index is 6.29. The van der Waals surface area contributed by atoms with Gasteiger partial charge in [0.25, 0.3) is 0 Å². The van der Waals surface area contributed by atoms with Gasteiger partial charge in [-0.15, -0.1) is 0 Å². The molecular weight excluding hydrogens is 312 g/mol. The lowest BCUT2D eigenvalue weighted by Gasteiger charge is -2.29. The lowest BCUT2D eigenvalue weighted by atomic mass is 9.99. The Morgan fingerprint density at radius 3 is 1.16 bits per heavy atom. The fourth-order valence-corrected chi connectivity index (χ4v) is 0.876. The molecule has 19 heavy (non-hydrogen) atoms. The van der Waals surface area contributed by atoms with Gasteiger partial charge in [-0.2, -0.15) is 39.5 Å². The van der Waals surface area contributed by atoms with Gasteiger partial charge in [0.2, 0.25) is 0 Å². The summed E-state index contributed by atoms with van der Waals surface area (Å²) in [5.74, 6) is -4.32. The van der Waals surface area contributed by atoms with Crippen molar-refractivity contribution in [2.75, 3.05) is 6.67 Å². The normalized spacial score (nSPS) is 16.4. The number of halogens is 12. The number of hydrogen-bond donors (Lipinski definition) is 0. The zero-order valence-corrected chi connectivity index (χ0v) is 8.24. The first-order valence-electron chi connectivity index (χ1n) is 3.95. The predicted octanol–water partition coefficient (Wildman–Crippen LogP) is 4.57. The molecule has 0 aliphatic heterocycles. The van der Waals surface area contributed by atoms with Gasteiger partial charge in [0.05, 0.1) is 5.57 Å². The SMILES string of the molecule is FC/C(=C(/F)C(F)(C(F)(F)F)C(F)(F)F)C(F)(F)F. The average Bonchev–Trinajstić information content (AvgIpc) is 2.11. The van der Waals surface area contributed by atoms with Crippen LogP contribution >= 0.6 is 0 Å².